The van der Waals surface area contributed by atoms with Gasteiger partial charge in [-0.1, -0.05) is 23.2 Å². The van der Waals surface area contributed by atoms with Crippen molar-refractivity contribution in [3.8, 4) is 5.75 Å². The quantitative estimate of drug-likeness (QED) is 0.874. The Morgan fingerprint density at radius 2 is 1.86 bits per heavy atom. The second kappa shape index (κ2) is 6.70. The molecule has 0 saturated heterocycles. The monoisotopic (exact) mass is 324 g/mol. The molecule has 0 aliphatic carbocycles. The molecule has 21 heavy (non-hydrogen) atoms. The number of nitrogen functional groups attached to an aromatic ring is 1. The highest BCUT2D eigenvalue weighted by Gasteiger charge is 2.12. The number of hydrogen-bond acceptors (Lipinski definition) is 3. The van der Waals surface area contributed by atoms with E-state index >= 15 is 0 Å². The van der Waals surface area contributed by atoms with Gasteiger partial charge in [-0.25, -0.2) is 0 Å². The maximum atomic E-state index is 12.1. The Kier molecular flexibility index (Phi) is 4.94. The van der Waals surface area contributed by atoms with E-state index in [1.54, 1.807) is 49.5 Å². The van der Waals surface area contributed by atoms with Crippen molar-refractivity contribution in [2.45, 2.75) is 0 Å². The molecule has 2 N–H and O–H groups in total. The number of ether oxygens (including phenoxy) is 1. The summed E-state index contributed by atoms with van der Waals surface area (Å²) in [7, 11) is 1.66. The molecule has 0 unspecified atom stereocenters. The molecule has 0 aliphatic rings. The van der Waals surface area contributed by atoms with Crippen molar-refractivity contribution in [1.82, 2.24) is 0 Å². The summed E-state index contributed by atoms with van der Waals surface area (Å²) < 4.78 is 5.41. The van der Waals surface area contributed by atoms with Crippen LogP contribution in [0.2, 0.25) is 10.0 Å². The minimum atomic E-state index is -0.212. The van der Waals surface area contributed by atoms with Crippen molar-refractivity contribution in [2.24, 2.45) is 0 Å². The van der Waals surface area contributed by atoms with E-state index in [1.807, 2.05) is 0 Å². The molecular weight excluding hydrogens is 311 g/mol. The van der Waals surface area contributed by atoms with Crippen LogP contribution in [0.15, 0.2) is 42.5 Å². The molecule has 4 nitrogen and oxygen atoms in total. The lowest BCUT2D eigenvalue weighted by Crippen LogP contribution is -2.31. The number of carbonyl (C=O) groups excluding carboxylic acids is 1. The van der Waals surface area contributed by atoms with Crippen LogP contribution < -0.4 is 15.4 Å². The van der Waals surface area contributed by atoms with Gasteiger partial charge < -0.3 is 15.4 Å². The SMILES string of the molecule is CN(C(=O)COc1cc(Cl)ccc1Cl)c1ccc(N)cc1. The van der Waals surface area contributed by atoms with Crippen molar-refractivity contribution in [1.29, 1.82) is 0 Å². The predicted octanol–water partition coefficient (Wildman–Crippen LogP) is 3.62. The first-order chi connectivity index (χ1) is 9.97. The second-order valence-electron chi connectivity index (χ2n) is 4.41. The van der Waals surface area contributed by atoms with Crippen LogP contribution in [0, 0.1) is 0 Å². The summed E-state index contributed by atoms with van der Waals surface area (Å²) in [5.74, 6) is 0.166. The standard InChI is InChI=1S/C15H14Cl2N2O2/c1-19(12-5-3-11(18)4-6-12)15(20)9-21-14-8-10(16)2-7-13(14)17/h2-8H,9,18H2,1H3. The first kappa shape index (κ1) is 15.5. The minimum Gasteiger partial charge on any atom is -0.482 e. The third kappa shape index (κ3) is 4.03. The first-order valence-corrected chi connectivity index (χ1v) is 6.93. The fourth-order valence-electron chi connectivity index (χ4n) is 1.67. The van der Waals surface area contributed by atoms with Gasteiger partial charge in [0.05, 0.1) is 5.02 Å². The summed E-state index contributed by atoms with van der Waals surface area (Å²) in [6.07, 6.45) is 0. The summed E-state index contributed by atoms with van der Waals surface area (Å²) in [6.45, 7) is -0.138. The molecule has 6 heteroatoms. The van der Waals surface area contributed by atoms with Gasteiger partial charge in [0.25, 0.3) is 5.91 Å². The summed E-state index contributed by atoms with van der Waals surface area (Å²) in [5.41, 5.74) is 6.98. The lowest BCUT2D eigenvalue weighted by Gasteiger charge is -2.18. The number of nitrogens with zero attached hydrogens (tertiary/aromatic N) is 1. The summed E-state index contributed by atoms with van der Waals surface area (Å²) >= 11 is 11.8. The van der Waals surface area contributed by atoms with E-state index < -0.39 is 0 Å². The average molecular weight is 325 g/mol. The van der Waals surface area contributed by atoms with E-state index in [0.29, 0.717) is 21.5 Å². The van der Waals surface area contributed by atoms with E-state index in [0.717, 1.165) is 5.69 Å². The fourth-order valence-corrected chi connectivity index (χ4v) is 2.00. The van der Waals surface area contributed by atoms with Crippen LogP contribution >= 0.6 is 23.2 Å². The van der Waals surface area contributed by atoms with Gasteiger partial charge in [-0.2, -0.15) is 0 Å². The lowest BCUT2D eigenvalue weighted by molar-refractivity contribution is -0.120. The number of anilines is 2. The van der Waals surface area contributed by atoms with Gasteiger partial charge in [0, 0.05) is 29.5 Å². The number of benzene rings is 2. The molecule has 0 heterocycles. The number of rotatable bonds is 4. The Morgan fingerprint density at radius 3 is 2.52 bits per heavy atom. The van der Waals surface area contributed by atoms with Crippen LogP contribution in [-0.4, -0.2) is 19.6 Å². The summed E-state index contributed by atoms with van der Waals surface area (Å²) in [4.78, 5) is 13.6. The molecule has 0 bridgehead atoms. The molecular formula is C15H14Cl2N2O2. The van der Waals surface area contributed by atoms with Crippen LogP contribution in [0.4, 0.5) is 11.4 Å². The Morgan fingerprint density at radius 1 is 1.19 bits per heavy atom. The van der Waals surface area contributed by atoms with Crippen LogP contribution in [0.1, 0.15) is 0 Å². The summed E-state index contributed by atoms with van der Waals surface area (Å²) in [5, 5.41) is 0.899. The van der Waals surface area contributed by atoms with Crippen molar-refractivity contribution >= 4 is 40.5 Å². The zero-order chi connectivity index (χ0) is 15.4. The number of carbonyl (C=O) groups is 1. The maximum Gasteiger partial charge on any atom is 0.264 e. The molecule has 2 aromatic carbocycles. The second-order valence-corrected chi connectivity index (χ2v) is 5.25. The Hall–Kier alpha value is -1.91. The Bertz CT molecular complexity index is 645. The van der Waals surface area contributed by atoms with Gasteiger partial charge >= 0.3 is 0 Å². The van der Waals surface area contributed by atoms with Crippen molar-refractivity contribution < 1.29 is 9.53 Å². The van der Waals surface area contributed by atoms with E-state index in [2.05, 4.69) is 0 Å². The van der Waals surface area contributed by atoms with E-state index in [4.69, 9.17) is 33.7 Å². The third-order valence-corrected chi connectivity index (χ3v) is 3.45. The molecule has 0 atom stereocenters. The molecule has 1 amide bonds. The smallest absolute Gasteiger partial charge is 0.264 e. The first-order valence-electron chi connectivity index (χ1n) is 6.17. The van der Waals surface area contributed by atoms with Crippen LogP contribution in [0.25, 0.3) is 0 Å². The molecule has 2 rings (SSSR count). The maximum absolute atomic E-state index is 12.1. The third-order valence-electron chi connectivity index (χ3n) is 2.90. The molecule has 0 spiro atoms. The molecule has 110 valence electrons. The number of halogens is 2. The molecule has 0 saturated carbocycles. The number of hydrogen-bond donors (Lipinski definition) is 1. The number of nitrogens with two attached hydrogens (primary N) is 1. The molecule has 0 radical (unpaired) electrons. The van der Waals surface area contributed by atoms with Crippen molar-refractivity contribution in [2.75, 3.05) is 24.3 Å². The van der Waals surface area contributed by atoms with Crippen molar-refractivity contribution in [3.05, 3.63) is 52.5 Å². The highest BCUT2D eigenvalue weighted by molar-refractivity contribution is 6.34. The summed E-state index contributed by atoms with van der Waals surface area (Å²) in [6, 6.07) is 11.8. The van der Waals surface area contributed by atoms with E-state index in [1.165, 1.54) is 4.90 Å². The zero-order valence-corrected chi connectivity index (χ0v) is 12.9. The van der Waals surface area contributed by atoms with Gasteiger partial charge in [-0.05, 0) is 36.4 Å². The average Bonchev–Trinajstić information content (AvgIpc) is 2.48. The molecule has 0 aromatic heterocycles. The van der Waals surface area contributed by atoms with Crippen molar-refractivity contribution in [3.63, 3.8) is 0 Å². The van der Waals surface area contributed by atoms with Gasteiger partial charge in [0.15, 0.2) is 6.61 Å². The van der Waals surface area contributed by atoms with Gasteiger partial charge in [-0.3, -0.25) is 4.79 Å². The number of amides is 1. The number of likely N-dealkylation sites (N-methyl/N-ethyl adjacent to an activating group) is 1. The van der Waals surface area contributed by atoms with E-state index in [-0.39, 0.29) is 12.5 Å². The lowest BCUT2D eigenvalue weighted by atomic mass is 10.2. The van der Waals surface area contributed by atoms with Gasteiger partial charge in [0.1, 0.15) is 5.75 Å². The van der Waals surface area contributed by atoms with Crippen LogP contribution in [0.3, 0.4) is 0 Å². The normalized spacial score (nSPS) is 10.2. The Labute approximate surface area is 133 Å². The van der Waals surface area contributed by atoms with Gasteiger partial charge in [-0.15, -0.1) is 0 Å². The molecule has 0 fully saturated rings. The molecule has 2 aromatic rings. The fraction of sp³-hybridized carbons (Fsp3) is 0.133. The van der Waals surface area contributed by atoms with Crippen LogP contribution in [-0.2, 0) is 4.79 Å². The highest BCUT2D eigenvalue weighted by atomic mass is 35.5. The minimum absolute atomic E-state index is 0.138. The molecule has 0 aliphatic heterocycles. The topological polar surface area (TPSA) is 55.6 Å². The van der Waals surface area contributed by atoms with E-state index in [9.17, 15) is 4.79 Å². The van der Waals surface area contributed by atoms with Crippen LogP contribution in [0.5, 0.6) is 5.75 Å². The highest BCUT2D eigenvalue weighted by Crippen LogP contribution is 2.27. The predicted molar refractivity (Wildman–Crippen MR) is 86.2 cm³/mol. The Balaban J connectivity index is 2.01. The van der Waals surface area contributed by atoms with Gasteiger partial charge in [0.2, 0.25) is 0 Å². The largest absolute Gasteiger partial charge is 0.482 e. The zero-order valence-electron chi connectivity index (χ0n) is 11.3.